The van der Waals surface area contributed by atoms with Crippen LogP contribution in [-0.4, -0.2) is 79.0 Å². The molecule has 5 fully saturated rings. The number of esters is 1. The second kappa shape index (κ2) is 10.4. The largest absolute Gasteiger partial charge is 0.469 e. The number of anilines is 1. The van der Waals surface area contributed by atoms with Gasteiger partial charge in [-0.05, 0) is 74.2 Å². The molecule has 1 saturated carbocycles. The first-order chi connectivity index (χ1) is 23.1. The lowest BCUT2D eigenvalue weighted by Crippen LogP contribution is -2.71. The molecule has 2 bridgehead atoms. The number of piperidine rings is 2. The summed E-state index contributed by atoms with van der Waals surface area (Å²) in [6.07, 6.45) is 7.58. The maximum absolute atomic E-state index is 14.3. The number of carbonyl (C=O) groups is 1. The molecule has 7 heterocycles. The van der Waals surface area contributed by atoms with Crippen molar-refractivity contribution in [1.82, 2.24) is 14.8 Å². The quantitative estimate of drug-likeness (QED) is 0.279. The minimum absolute atomic E-state index is 0.0304. The maximum atomic E-state index is 14.3. The van der Waals surface area contributed by atoms with Gasteiger partial charge in [0.1, 0.15) is 12.1 Å². The Morgan fingerprint density at radius 3 is 2.81 bits per heavy atom. The molecule has 0 amide bonds. The standard InChI is InChI=1S/C40H48N4O3/c1-4-23-21-43-17-15-40-30-11-7-9-13-32(30)44-37(40)29(27(23)19-34(40)43)22-47-38(44)35(39(45)46-3)28-18-33-36-26(14-16-42(33)20-24(28)5-2)25-10-6-8-12-31(25)41-36/h5-13,23,27-29,33-35,37-38,41H,4,14-22H2,1-3H3/b24-5-/t23-,27+,28-,29+,33+,34+,35+,37+,38+,40?/m1/s1. The molecule has 2 aromatic carbocycles. The molecule has 246 valence electrons. The van der Waals surface area contributed by atoms with Gasteiger partial charge in [-0.25, -0.2) is 0 Å². The highest BCUT2D eigenvalue weighted by Crippen LogP contribution is 2.65. The van der Waals surface area contributed by atoms with E-state index in [1.54, 1.807) is 7.11 Å². The molecule has 0 radical (unpaired) electrons. The van der Waals surface area contributed by atoms with Crippen LogP contribution in [0.15, 0.2) is 60.2 Å². The number of hydrogen-bond donors (Lipinski definition) is 1. The van der Waals surface area contributed by atoms with Gasteiger partial charge in [-0.1, -0.05) is 61.4 Å². The predicted octanol–water partition coefficient (Wildman–Crippen LogP) is 6.06. The van der Waals surface area contributed by atoms with Crippen molar-refractivity contribution in [1.29, 1.82) is 0 Å². The number of aromatic nitrogens is 1. The Kier molecular flexibility index (Phi) is 6.40. The topological polar surface area (TPSA) is 61.0 Å². The highest BCUT2D eigenvalue weighted by Gasteiger charge is 2.70. The smallest absolute Gasteiger partial charge is 0.313 e. The highest BCUT2D eigenvalue weighted by molar-refractivity contribution is 5.85. The molecule has 10 atom stereocenters. The Bertz CT molecular complexity index is 1780. The first-order valence-electron chi connectivity index (χ1n) is 18.4. The molecule has 7 nitrogen and oxygen atoms in total. The van der Waals surface area contributed by atoms with Gasteiger partial charge in [0.15, 0.2) is 0 Å². The molecule has 6 aliphatic heterocycles. The van der Waals surface area contributed by atoms with Gasteiger partial charge in [0.05, 0.1) is 19.8 Å². The van der Waals surface area contributed by atoms with Gasteiger partial charge in [0, 0.05) is 71.3 Å². The summed E-state index contributed by atoms with van der Waals surface area (Å²) in [4.78, 5) is 26.3. The zero-order chi connectivity index (χ0) is 31.6. The van der Waals surface area contributed by atoms with Crippen molar-refractivity contribution in [3.8, 4) is 0 Å². The Balaban J connectivity index is 1.09. The van der Waals surface area contributed by atoms with Crippen molar-refractivity contribution in [3.63, 3.8) is 0 Å². The number of fused-ring (bicyclic) bond motifs is 9. The van der Waals surface area contributed by atoms with E-state index in [1.807, 2.05) is 0 Å². The summed E-state index contributed by atoms with van der Waals surface area (Å²) in [5.74, 6) is 1.35. The summed E-state index contributed by atoms with van der Waals surface area (Å²) in [7, 11) is 1.58. The number of rotatable bonds is 4. The molecular weight excluding hydrogens is 584 g/mol. The van der Waals surface area contributed by atoms with Crippen molar-refractivity contribution in [2.24, 2.45) is 29.6 Å². The van der Waals surface area contributed by atoms with Crippen LogP contribution in [-0.2, 0) is 26.1 Å². The van der Waals surface area contributed by atoms with E-state index in [0.29, 0.717) is 29.8 Å². The molecule has 1 aromatic heterocycles. The van der Waals surface area contributed by atoms with Gasteiger partial charge in [-0.15, -0.1) is 0 Å². The number of hydrogen-bond acceptors (Lipinski definition) is 6. The van der Waals surface area contributed by atoms with Gasteiger partial charge in [0.25, 0.3) is 0 Å². The van der Waals surface area contributed by atoms with Crippen LogP contribution in [0.25, 0.3) is 10.9 Å². The second-order valence-electron chi connectivity index (χ2n) is 15.7. The van der Waals surface area contributed by atoms with Crippen LogP contribution in [0.2, 0.25) is 0 Å². The van der Waals surface area contributed by atoms with Crippen molar-refractivity contribution >= 4 is 22.6 Å². The third-order valence-electron chi connectivity index (χ3n) is 14.3. The van der Waals surface area contributed by atoms with E-state index in [-0.39, 0.29) is 29.6 Å². The van der Waals surface area contributed by atoms with Crippen molar-refractivity contribution < 1.29 is 14.3 Å². The first-order valence-corrected chi connectivity index (χ1v) is 18.4. The van der Waals surface area contributed by atoms with E-state index in [0.717, 1.165) is 32.5 Å². The zero-order valence-corrected chi connectivity index (χ0v) is 28.0. The van der Waals surface area contributed by atoms with E-state index in [9.17, 15) is 4.79 Å². The SMILES string of the molecule is C/C=C1/CN2CCc3c([nH]c4ccccc34)[C@@H]2C[C@H]1[C@H](C(=O)OC)[C@@H]1OC[C@H]2[C@H]3C[C@@H]4N(CCC45c4ccccc4N1[C@@H]25)C[C@H]3CC. The van der Waals surface area contributed by atoms with Crippen molar-refractivity contribution in [2.75, 3.05) is 44.8 Å². The van der Waals surface area contributed by atoms with E-state index in [1.165, 1.54) is 71.3 Å². The summed E-state index contributed by atoms with van der Waals surface area (Å²) in [6, 6.07) is 19.1. The third kappa shape index (κ3) is 3.71. The second-order valence-corrected chi connectivity index (χ2v) is 15.7. The lowest BCUT2D eigenvalue weighted by Gasteiger charge is -2.61. The van der Waals surface area contributed by atoms with Crippen LogP contribution in [0.5, 0.6) is 0 Å². The van der Waals surface area contributed by atoms with Crippen LogP contribution >= 0.6 is 0 Å². The summed E-state index contributed by atoms with van der Waals surface area (Å²) in [5.41, 5.74) is 8.28. The number of benzene rings is 2. The van der Waals surface area contributed by atoms with Crippen LogP contribution in [0.1, 0.15) is 62.4 Å². The van der Waals surface area contributed by atoms with Gasteiger partial charge in [0.2, 0.25) is 0 Å². The first kappa shape index (κ1) is 28.8. The normalized spacial score (nSPS) is 38.5. The van der Waals surface area contributed by atoms with E-state index < -0.39 is 5.92 Å². The van der Waals surface area contributed by atoms with E-state index >= 15 is 0 Å². The molecule has 1 aliphatic carbocycles. The van der Waals surface area contributed by atoms with Crippen LogP contribution in [0, 0.1) is 29.6 Å². The minimum atomic E-state index is -0.409. The maximum Gasteiger partial charge on any atom is 0.313 e. The Morgan fingerprint density at radius 2 is 1.96 bits per heavy atom. The average molecular weight is 633 g/mol. The number of carbonyl (C=O) groups excluding carboxylic acids is 1. The molecule has 7 aliphatic rings. The number of nitrogens with zero attached hydrogens (tertiary/aromatic N) is 3. The number of para-hydroxylation sites is 2. The average Bonchev–Trinajstić information content (AvgIpc) is 3.80. The Labute approximate surface area is 278 Å². The van der Waals surface area contributed by atoms with Crippen LogP contribution in [0.4, 0.5) is 5.69 Å². The number of methoxy groups -OCH3 is 1. The lowest BCUT2D eigenvalue weighted by molar-refractivity contribution is -0.165. The van der Waals surface area contributed by atoms with Gasteiger partial charge in [-0.2, -0.15) is 0 Å². The summed E-state index contributed by atoms with van der Waals surface area (Å²) in [5, 5.41) is 1.35. The van der Waals surface area contributed by atoms with Gasteiger partial charge >= 0.3 is 5.97 Å². The fraction of sp³-hybridized carbons (Fsp3) is 0.575. The molecule has 1 unspecified atom stereocenters. The van der Waals surface area contributed by atoms with Crippen LogP contribution in [0.3, 0.4) is 0 Å². The molecular formula is C40H48N4O3. The number of H-pyrrole nitrogens is 1. The van der Waals surface area contributed by atoms with E-state index in [4.69, 9.17) is 9.47 Å². The van der Waals surface area contributed by atoms with Gasteiger partial charge < -0.3 is 19.4 Å². The number of aromatic amines is 1. The fourth-order valence-electron chi connectivity index (χ4n) is 12.5. The monoisotopic (exact) mass is 632 g/mol. The molecule has 4 saturated heterocycles. The summed E-state index contributed by atoms with van der Waals surface area (Å²) in [6.45, 7) is 9.62. The number of ether oxygens (including phenoxy) is 2. The Hall–Kier alpha value is -3.13. The summed E-state index contributed by atoms with van der Waals surface area (Å²) >= 11 is 0. The van der Waals surface area contributed by atoms with Crippen molar-refractivity contribution in [2.45, 2.75) is 75.7 Å². The molecule has 3 aromatic rings. The van der Waals surface area contributed by atoms with Gasteiger partial charge in [-0.3, -0.25) is 14.6 Å². The Morgan fingerprint density at radius 1 is 1.11 bits per heavy atom. The molecule has 7 heteroatoms. The molecule has 10 rings (SSSR count). The molecule has 47 heavy (non-hydrogen) atoms. The predicted molar refractivity (Wildman–Crippen MR) is 183 cm³/mol. The fourth-order valence-corrected chi connectivity index (χ4v) is 12.5. The number of nitrogens with one attached hydrogen (secondary N) is 1. The third-order valence-corrected chi connectivity index (χ3v) is 14.3. The number of allylic oxidation sites excluding steroid dienone is 1. The zero-order valence-electron chi connectivity index (χ0n) is 28.0. The highest BCUT2D eigenvalue weighted by atomic mass is 16.5. The van der Waals surface area contributed by atoms with Crippen molar-refractivity contribution in [3.05, 3.63) is 77.0 Å². The molecule has 1 spiro atoms. The van der Waals surface area contributed by atoms with E-state index in [2.05, 4.69) is 88.1 Å². The summed E-state index contributed by atoms with van der Waals surface area (Å²) < 4.78 is 12.9. The van der Waals surface area contributed by atoms with Crippen LogP contribution < -0.4 is 4.90 Å². The molecule has 1 N–H and O–H groups in total. The minimum Gasteiger partial charge on any atom is -0.469 e. The lowest BCUT2D eigenvalue weighted by atomic mass is 9.54.